The predicted molar refractivity (Wildman–Crippen MR) is 78.1 cm³/mol. The van der Waals surface area contributed by atoms with Crippen LogP contribution in [0.3, 0.4) is 0 Å². The summed E-state index contributed by atoms with van der Waals surface area (Å²) in [4.78, 5) is 1.13. The molecule has 2 heteroatoms. The van der Waals surface area contributed by atoms with Crippen molar-refractivity contribution in [1.29, 1.82) is 0 Å². The second kappa shape index (κ2) is 5.92. The molecule has 0 saturated heterocycles. The molecule has 0 heterocycles. The fourth-order valence-corrected chi connectivity index (χ4v) is 3.29. The third kappa shape index (κ3) is 3.26. The van der Waals surface area contributed by atoms with Crippen LogP contribution in [0.25, 0.3) is 0 Å². The lowest BCUT2D eigenvalue weighted by Gasteiger charge is -2.37. The van der Waals surface area contributed by atoms with Crippen molar-refractivity contribution in [3.8, 4) is 0 Å². The van der Waals surface area contributed by atoms with Crippen LogP contribution < -0.4 is 5.14 Å². The van der Waals surface area contributed by atoms with Crippen LogP contribution in [-0.2, 0) is 5.41 Å². The van der Waals surface area contributed by atoms with Crippen LogP contribution in [0.5, 0.6) is 0 Å². The molecule has 1 aromatic rings. The van der Waals surface area contributed by atoms with E-state index in [1.165, 1.54) is 23.9 Å². The Labute approximate surface area is 110 Å². The van der Waals surface area contributed by atoms with Crippen LogP contribution in [-0.4, -0.2) is 0 Å². The highest BCUT2D eigenvalue weighted by molar-refractivity contribution is 7.97. The maximum Gasteiger partial charge on any atom is 0.0226 e. The predicted octanol–water partition coefficient (Wildman–Crippen LogP) is 4.61. The smallest absolute Gasteiger partial charge is 0.0226 e. The van der Waals surface area contributed by atoms with Gasteiger partial charge in [0.1, 0.15) is 0 Å². The first kappa shape index (κ1) is 14.6. The SMILES string of the molecule is CC[C@H](C(C)C)C(C)(C)c1ccc(SN)cc1. The average molecular weight is 251 g/mol. The third-order valence-electron chi connectivity index (χ3n) is 3.91. The lowest BCUT2D eigenvalue weighted by Crippen LogP contribution is -2.32. The van der Waals surface area contributed by atoms with Crippen molar-refractivity contribution < 1.29 is 0 Å². The molecule has 0 spiro atoms. The Bertz CT molecular complexity index is 340. The van der Waals surface area contributed by atoms with Crippen molar-refractivity contribution in [2.75, 3.05) is 0 Å². The first-order valence-electron chi connectivity index (χ1n) is 6.40. The fourth-order valence-electron chi connectivity index (χ4n) is 2.99. The molecule has 17 heavy (non-hydrogen) atoms. The fraction of sp³-hybridized carbons (Fsp3) is 0.600. The molecule has 1 rings (SSSR count). The van der Waals surface area contributed by atoms with Gasteiger partial charge in [-0.25, -0.2) is 0 Å². The van der Waals surface area contributed by atoms with E-state index in [0.717, 1.165) is 4.90 Å². The molecule has 0 aliphatic rings. The molecule has 0 aliphatic carbocycles. The molecule has 1 aromatic carbocycles. The van der Waals surface area contributed by atoms with Gasteiger partial charge in [0.2, 0.25) is 0 Å². The standard InChI is InChI=1S/C15H25NS/c1-6-14(11(2)3)15(4,5)12-7-9-13(17-16)10-8-12/h7-11,14H,6,16H2,1-5H3/t14-/m1/s1. The van der Waals surface area contributed by atoms with E-state index in [1.54, 1.807) is 0 Å². The van der Waals surface area contributed by atoms with Gasteiger partial charge in [0.05, 0.1) is 0 Å². The lowest BCUT2D eigenvalue weighted by atomic mass is 9.68. The molecule has 0 unspecified atom stereocenters. The summed E-state index contributed by atoms with van der Waals surface area (Å²) < 4.78 is 0. The van der Waals surface area contributed by atoms with E-state index >= 15 is 0 Å². The molecule has 2 N–H and O–H groups in total. The van der Waals surface area contributed by atoms with Gasteiger partial charge in [0.25, 0.3) is 0 Å². The van der Waals surface area contributed by atoms with E-state index in [2.05, 4.69) is 58.9 Å². The largest absolute Gasteiger partial charge is 0.274 e. The van der Waals surface area contributed by atoms with E-state index in [9.17, 15) is 0 Å². The summed E-state index contributed by atoms with van der Waals surface area (Å²) in [6, 6.07) is 8.68. The Kier molecular flexibility index (Phi) is 5.08. The highest BCUT2D eigenvalue weighted by Gasteiger charge is 2.31. The van der Waals surface area contributed by atoms with Crippen molar-refractivity contribution in [3.05, 3.63) is 29.8 Å². The van der Waals surface area contributed by atoms with Gasteiger partial charge in [-0.05, 0) is 46.9 Å². The Balaban J connectivity index is 3.01. The van der Waals surface area contributed by atoms with Gasteiger partial charge in [-0.1, -0.05) is 53.2 Å². The summed E-state index contributed by atoms with van der Waals surface area (Å²) in [5.74, 6) is 1.41. The van der Waals surface area contributed by atoms with E-state index in [1.807, 2.05) is 0 Å². The van der Waals surface area contributed by atoms with Gasteiger partial charge in [-0.3, -0.25) is 5.14 Å². The average Bonchev–Trinajstić information content (AvgIpc) is 2.29. The van der Waals surface area contributed by atoms with Crippen molar-refractivity contribution >= 4 is 11.9 Å². The summed E-state index contributed by atoms with van der Waals surface area (Å²) in [5, 5.41) is 5.56. The molecule has 0 amide bonds. The minimum Gasteiger partial charge on any atom is -0.274 e. The molecule has 96 valence electrons. The molecule has 0 aromatic heterocycles. The molecular formula is C15H25NS. The van der Waals surface area contributed by atoms with E-state index in [-0.39, 0.29) is 5.41 Å². The van der Waals surface area contributed by atoms with E-state index in [4.69, 9.17) is 5.14 Å². The van der Waals surface area contributed by atoms with Gasteiger partial charge in [0.15, 0.2) is 0 Å². The summed E-state index contributed by atoms with van der Waals surface area (Å²) in [5.41, 5.74) is 1.64. The van der Waals surface area contributed by atoms with Crippen molar-refractivity contribution in [2.24, 2.45) is 17.0 Å². The molecule has 0 fully saturated rings. The Morgan fingerprint density at radius 2 is 1.71 bits per heavy atom. The van der Waals surface area contributed by atoms with E-state index in [0.29, 0.717) is 11.8 Å². The summed E-state index contributed by atoms with van der Waals surface area (Å²) in [7, 11) is 0. The zero-order valence-corrected chi connectivity index (χ0v) is 12.5. The number of hydrogen-bond acceptors (Lipinski definition) is 2. The zero-order valence-electron chi connectivity index (χ0n) is 11.7. The van der Waals surface area contributed by atoms with Gasteiger partial charge in [-0.2, -0.15) is 0 Å². The molecule has 0 aliphatic heterocycles. The number of rotatable bonds is 5. The van der Waals surface area contributed by atoms with Gasteiger partial charge >= 0.3 is 0 Å². The summed E-state index contributed by atoms with van der Waals surface area (Å²) >= 11 is 1.31. The van der Waals surface area contributed by atoms with Gasteiger partial charge in [-0.15, -0.1) is 0 Å². The third-order valence-corrected chi connectivity index (χ3v) is 4.45. The Morgan fingerprint density at radius 1 is 1.18 bits per heavy atom. The monoisotopic (exact) mass is 251 g/mol. The number of benzene rings is 1. The molecule has 1 atom stereocenters. The molecule has 0 saturated carbocycles. The Morgan fingerprint density at radius 3 is 2.06 bits per heavy atom. The first-order chi connectivity index (χ1) is 7.93. The zero-order chi connectivity index (χ0) is 13.1. The van der Waals surface area contributed by atoms with Crippen molar-refractivity contribution in [3.63, 3.8) is 0 Å². The molecular weight excluding hydrogens is 226 g/mol. The normalized spacial score (nSPS) is 14.1. The van der Waals surface area contributed by atoms with Gasteiger partial charge in [0, 0.05) is 4.90 Å². The Hall–Kier alpha value is -0.470. The van der Waals surface area contributed by atoms with E-state index < -0.39 is 0 Å². The van der Waals surface area contributed by atoms with Crippen LogP contribution in [0.1, 0.15) is 46.6 Å². The summed E-state index contributed by atoms with van der Waals surface area (Å²) in [6.45, 7) is 11.6. The lowest BCUT2D eigenvalue weighted by molar-refractivity contribution is 0.232. The quantitative estimate of drug-likeness (QED) is 0.773. The van der Waals surface area contributed by atoms with Crippen LogP contribution in [0.2, 0.25) is 0 Å². The number of nitrogens with two attached hydrogens (primary N) is 1. The molecule has 0 radical (unpaired) electrons. The molecule has 0 bridgehead atoms. The van der Waals surface area contributed by atoms with Crippen LogP contribution >= 0.6 is 11.9 Å². The van der Waals surface area contributed by atoms with Crippen LogP contribution in [0.15, 0.2) is 29.2 Å². The second-order valence-corrected chi connectivity index (χ2v) is 6.33. The van der Waals surface area contributed by atoms with Crippen LogP contribution in [0.4, 0.5) is 0 Å². The highest BCUT2D eigenvalue weighted by atomic mass is 32.2. The summed E-state index contributed by atoms with van der Waals surface area (Å²) in [6.07, 6.45) is 1.22. The topological polar surface area (TPSA) is 26.0 Å². The van der Waals surface area contributed by atoms with Crippen LogP contribution in [0, 0.1) is 11.8 Å². The van der Waals surface area contributed by atoms with Gasteiger partial charge < -0.3 is 0 Å². The first-order valence-corrected chi connectivity index (χ1v) is 7.28. The van der Waals surface area contributed by atoms with Crippen molar-refractivity contribution in [2.45, 2.75) is 51.3 Å². The minimum absolute atomic E-state index is 0.223. The minimum atomic E-state index is 0.223. The van der Waals surface area contributed by atoms with Crippen molar-refractivity contribution in [1.82, 2.24) is 0 Å². The second-order valence-electron chi connectivity index (χ2n) is 5.62. The molecule has 1 nitrogen and oxygen atoms in total. The number of hydrogen-bond donors (Lipinski definition) is 1. The maximum absolute atomic E-state index is 5.56. The maximum atomic E-state index is 5.56. The highest BCUT2D eigenvalue weighted by Crippen LogP contribution is 2.38.